The molecule has 182 valence electrons. The van der Waals surface area contributed by atoms with Gasteiger partial charge in [-0.15, -0.1) is 0 Å². The summed E-state index contributed by atoms with van der Waals surface area (Å²) >= 11 is 0. The predicted octanol–water partition coefficient (Wildman–Crippen LogP) is 6.74. The lowest BCUT2D eigenvalue weighted by atomic mass is 9.85. The summed E-state index contributed by atoms with van der Waals surface area (Å²) in [4.78, 5) is 30.7. The van der Waals surface area contributed by atoms with Gasteiger partial charge < -0.3 is 9.51 Å². The Morgan fingerprint density at radius 3 is 2.54 bits per heavy atom. The molecule has 0 saturated heterocycles. The van der Waals surface area contributed by atoms with Gasteiger partial charge in [0.05, 0.1) is 28.0 Å². The van der Waals surface area contributed by atoms with Crippen LogP contribution in [0, 0.1) is 12.7 Å². The summed E-state index contributed by atoms with van der Waals surface area (Å²) in [5.41, 5.74) is 6.88. The third kappa shape index (κ3) is 3.73. The molecule has 37 heavy (non-hydrogen) atoms. The average Bonchev–Trinajstić information content (AvgIpc) is 3.18. The average molecular weight is 491 g/mol. The first-order valence-electron chi connectivity index (χ1n) is 12.2. The number of carbonyl (C=O) groups excluding carboxylic acids is 1. The molecule has 0 unspecified atom stereocenters. The molecule has 0 atom stereocenters. The van der Waals surface area contributed by atoms with Gasteiger partial charge >= 0.3 is 5.97 Å². The number of rotatable bonds is 4. The molecule has 5 nitrogen and oxygen atoms in total. The summed E-state index contributed by atoms with van der Waals surface area (Å²) in [6.45, 7) is 1.91. The van der Waals surface area contributed by atoms with E-state index in [1.807, 2.05) is 60.0 Å². The number of aromatic carboxylic acids is 1. The zero-order valence-corrected chi connectivity index (χ0v) is 20.2. The highest BCUT2D eigenvalue weighted by Crippen LogP contribution is 2.38. The highest BCUT2D eigenvalue weighted by atomic mass is 19.1. The highest BCUT2D eigenvalue weighted by molar-refractivity contribution is 6.11. The molecule has 0 saturated carbocycles. The fraction of sp³-hybridized carbons (Fsp3) is 0.129. The van der Waals surface area contributed by atoms with Crippen LogP contribution in [-0.4, -0.2) is 26.2 Å². The molecule has 6 rings (SSSR count). The van der Waals surface area contributed by atoms with Crippen molar-refractivity contribution in [2.75, 3.05) is 0 Å². The van der Waals surface area contributed by atoms with Crippen molar-refractivity contribution in [2.24, 2.45) is 0 Å². The van der Waals surface area contributed by atoms with Crippen LogP contribution < -0.4 is 0 Å². The van der Waals surface area contributed by atoms with E-state index in [2.05, 4.69) is 6.08 Å². The quantitative estimate of drug-likeness (QED) is 0.283. The highest BCUT2D eigenvalue weighted by Gasteiger charge is 2.26. The monoisotopic (exact) mass is 490 g/mol. The van der Waals surface area contributed by atoms with Gasteiger partial charge in [0.2, 0.25) is 5.78 Å². The van der Waals surface area contributed by atoms with E-state index >= 15 is 0 Å². The summed E-state index contributed by atoms with van der Waals surface area (Å²) in [6, 6.07) is 18.7. The second-order valence-electron chi connectivity index (χ2n) is 9.34. The number of aromatic nitrogens is 2. The molecular weight excluding hydrogens is 467 g/mol. The van der Waals surface area contributed by atoms with E-state index in [1.54, 1.807) is 0 Å². The Bertz CT molecular complexity index is 1760. The maximum Gasteiger partial charge on any atom is 0.336 e. The van der Waals surface area contributed by atoms with Crippen LogP contribution in [0.25, 0.3) is 28.1 Å². The van der Waals surface area contributed by atoms with Crippen LogP contribution >= 0.6 is 0 Å². The van der Waals surface area contributed by atoms with Crippen molar-refractivity contribution in [3.8, 4) is 0 Å². The van der Waals surface area contributed by atoms with Crippen molar-refractivity contribution < 1.29 is 19.1 Å². The summed E-state index contributed by atoms with van der Waals surface area (Å²) in [7, 11) is 0. The molecule has 2 aromatic carbocycles. The van der Waals surface area contributed by atoms with E-state index in [9.17, 15) is 19.1 Å². The number of pyridine rings is 2. The largest absolute Gasteiger partial charge is 0.478 e. The van der Waals surface area contributed by atoms with Crippen molar-refractivity contribution in [3.05, 3.63) is 118 Å². The van der Waals surface area contributed by atoms with E-state index in [0.29, 0.717) is 39.8 Å². The molecule has 0 amide bonds. The van der Waals surface area contributed by atoms with E-state index in [4.69, 9.17) is 4.98 Å². The lowest BCUT2D eigenvalue weighted by Gasteiger charge is -2.21. The van der Waals surface area contributed by atoms with Crippen LogP contribution in [0.5, 0.6) is 0 Å². The third-order valence-corrected chi connectivity index (χ3v) is 7.16. The first-order chi connectivity index (χ1) is 17.9. The van der Waals surface area contributed by atoms with Gasteiger partial charge in [0, 0.05) is 22.7 Å². The maximum absolute atomic E-state index is 13.5. The third-order valence-electron chi connectivity index (χ3n) is 7.16. The zero-order chi connectivity index (χ0) is 25.7. The second-order valence-corrected chi connectivity index (χ2v) is 9.34. The Morgan fingerprint density at radius 1 is 1.00 bits per heavy atom. The summed E-state index contributed by atoms with van der Waals surface area (Å²) < 4.78 is 15.3. The molecular formula is C31H23FN2O3. The van der Waals surface area contributed by atoms with Gasteiger partial charge in [-0.2, -0.15) is 0 Å². The summed E-state index contributed by atoms with van der Waals surface area (Å²) in [5, 5.41) is 10.7. The molecule has 1 aliphatic carbocycles. The number of benzene rings is 2. The Kier molecular flexibility index (Phi) is 5.45. The van der Waals surface area contributed by atoms with Crippen LogP contribution in [0.3, 0.4) is 0 Å². The van der Waals surface area contributed by atoms with Crippen molar-refractivity contribution >= 4 is 39.8 Å². The fourth-order valence-corrected chi connectivity index (χ4v) is 5.45. The predicted molar refractivity (Wildman–Crippen MR) is 141 cm³/mol. The number of fused-ring (bicyclic) bond motifs is 3. The second kappa shape index (κ2) is 8.82. The summed E-state index contributed by atoms with van der Waals surface area (Å²) in [5.74, 6) is -1.53. The Morgan fingerprint density at radius 2 is 1.76 bits per heavy atom. The van der Waals surface area contributed by atoms with E-state index < -0.39 is 11.8 Å². The molecule has 0 radical (unpaired) electrons. The molecule has 6 heteroatoms. The minimum absolute atomic E-state index is 0.190. The molecule has 5 aromatic rings. The van der Waals surface area contributed by atoms with Crippen LogP contribution in [0.15, 0.2) is 72.9 Å². The van der Waals surface area contributed by atoms with Crippen molar-refractivity contribution in [1.29, 1.82) is 0 Å². The van der Waals surface area contributed by atoms with Crippen molar-refractivity contribution in [2.45, 2.75) is 26.2 Å². The molecule has 3 aromatic heterocycles. The number of ketones is 1. The number of nitrogens with zero attached hydrogens (tertiary/aromatic N) is 2. The van der Waals surface area contributed by atoms with Crippen LogP contribution in [-0.2, 0) is 6.42 Å². The normalized spacial score (nSPS) is 14.3. The lowest BCUT2D eigenvalue weighted by molar-refractivity contribution is 0.0697. The fourth-order valence-electron chi connectivity index (χ4n) is 5.45. The molecule has 0 aliphatic heterocycles. The molecule has 1 aliphatic rings. The lowest BCUT2D eigenvalue weighted by Crippen LogP contribution is -2.13. The van der Waals surface area contributed by atoms with Gasteiger partial charge in [-0.25, -0.2) is 14.2 Å². The smallest absolute Gasteiger partial charge is 0.336 e. The maximum atomic E-state index is 13.5. The number of carboxylic acid groups (broad SMARTS) is 1. The van der Waals surface area contributed by atoms with Gasteiger partial charge in [-0.3, -0.25) is 4.79 Å². The Balaban J connectivity index is 1.57. The van der Waals surface area contributed by atoms with Gasteiger partial charge in [0.15, 0.2) is 0 Å². The number of hydrogen-bond acceptors (Lipinski definition) is 3. The Hall–Kier alpha value is -4.58. The van der Waals surface area contributed by atoms with Crippen LogP contribution in [0.1, 0.15) is 61.6 Å². The molecule has 3 heterocycles. The van der Waals surface area contributed by atoms with Crippen LogP contribution in [0.4, 0.5) is 4.39 Å². The number of hydrogen-bond donors (Lipinski definition) is 1. The van der Waals surface area contributed by atoms with E-state index in [1.165, 1.54) is 24.3 Å². The minimum Gasteiger partial charge on any atom is -0.478 e. The van der Waals surface area contributed by atoms with Gasteiger partial charge in [-0.05, 0) is 91.4 Å². The van der Waals surface area contributed by atoms with Gasteiger partial charge in [0.1, 0.15) is 5.82 Å². The number of carboxylic acids is 1. The summed E-state index contributed by atoms with van der Waals surface area (Å²) in [6.07, 6.45) is 6.12. The molecule has 0 fully saturated rings. The standard InChI is InChI=1S/C31H23FN2O3/c1-18-24(26-11-4-5-16-34(26)29(18)30(35)19-12-14-21(32)15-13-19)17-20-7-6-9-23-27(31(36)37)22-8-2-3-10-25(22)33-28(20)23/h2-5,8,10-17H,6-7,9H2,1H3,(H,36,37). The minimum atomic E-state index is -0.950. The van der Waals surface area contributed by atoms with E-state index in [0.717, 1.165) is 40.6 Å². The first kappa shape index (κ1) is 22.9. The van der Waals surface area contributed by atoms with E-state index in [-0.39, 0.29) is 5.78 Å². The van der Waals surface area contributed by atoms with Crippen molar-refractivity contribution in [1.82, 2.24) is 9.38 Å². The van der Waals surface area contributed by atoms with Crippen LogP contribution in [0.2, 0.25) is 0 Å². The Labute approximate surface area is 212 Å². The number of carbonyl (C=O) groups is 2. The number of halogens is 1. The number of allylic oxidation sites excluding steroid dienone is 1. The van der Waals surface area contributed by atoms with Gasteiger partial charge in [0.25, 0.3) is 0 Å². The number of para-hydroxylation sites is 1. The van der Waals surface area contributed by atoms with Crippen molar-refractivity contribution in [3.63, 3.8) is 0 Å². The van der Waals surface area contributed by atoms with Gasteiger partial charge in [-0.1, -0.05) is 24.3 Å². The first-order valence-corrected chi connectivity index (χ1v) is 12.2. The zero-order valence-electron chi connectivity index (χ0n) is 20.2. The molecule has 0 bridgehead atoms. The molecule has 0 spiro atoms. The topological polar surface area (TPSA) is 71.7 Å². The molecule has 1 N–H and O–H groups in total. The SMILES string of the molecule is Cc1c(C=C2CCCc3c2nc2ccccc2c3C(=O)O)c2ccccn2c1C(=O)c1ccc(F)cc1.